The molecule has 182 valence electrons. The second-order valence-electron chi connectivity index (χ2n) is 8.06. The van der Waals surface area contributed by atoms with Gasteiger partial charge in [0, 0.05) is 32.3 Å². The highest BCUT2D eigenvalue weighted by Crippen LogP contribution is 2.29. The van der Waals surface area contributed by atoms with Crippen LogP contribution in [0.5, 0.6) is 0 Å². The van der Waals surface area contributed by atoms with Crippen LogP contribution in [0.2, 0.25) is 0 Å². The normalized spacial score (nSPS) is 19.4. The minimum atomic E-state index is -3.04. The Hall–Kier alpha value is -3.18. The summed E-state index contributed by atoms with van der Waals surface area (Å²) in [5, 5.41) is 1.80. The van der Waals surface area contributed by atoms with Gasteiger partial charge in [-0.2, -0.15) is 5.06 Å². The molecule has 2 fully saturated rings. The van der Waals surface area contributed by atoms with Crippen LogP contribution in [-0.2, 0) is 20.9 Å². The number of pyridine rings is 1. The van der Waals surface area contributed by atoms with Crippen LogP contribution in [0.3, 0.4) is 0 Å². The number of hydrogen-bond acceptors (Lipinski definition) is 7. The van der Waals surface area contributed by atoms with E-state index in [4.69, 9.17) is 9.57 Å². The van der Waals surface area contributed by atoms with E-state index in [2.05, 4.69) is 4.98 Å². The summed E-state index contributed by atoms with van der Waals surface area (Å²) in [5.74, 6) is -1.69. The van der Waals surface area contributed by atoms with Gasteiger partial charge >= 0.3 is 6.09 Å². The SMILES string of the molecule is O=C(CC[C@H]1CN(c2ccc(N3CCON(Cc4ccccn4)CC3)c(F)c2)C(=O)O1)C(F)F. The number of halogens is 3. The van der Waals surface area contributed by atoms with Crippen LogP contribution < -0.4 is 9.80 Å². The predicted octanol–water partition coefficient (Wildman–Crippen LogP) is 3.41. The molecule has 1 amide bonds. The number of aromatic nitrogens is 1. The number of amides is 1. The number of benzene rings is 1. The van der Waals surface area contributed by atoms with Crippen molar-refractivity contribution in [3.05, 3.63) is 54.1 Å². The van der Waals surface area contributed by atoms with E-state index in [0.29, 0.717) is 44.2 Å². The molecule has 2 aliphatic rings. The first-order valence-electron chi connectivity index (χ1n) is 11.0. The summed E-state index contributed by atoms with van der Waals surface area (Å²) in [7, 11) is 0. The standard InChI is InChI=1S/C23H25F3N4O4/c24-19-13-17(30-15-18(34-23(30)32)5-7-21(31)22(25)26)4-6-20(19)28-9-10-29(33-12-11-28)14-16-3-1-2-8-27-16/h1-4,6,8,13,18,22H,5,7,9-12,14-15H2/t18-/m0/s1. The van der Waals surface area contributed by atoms with Gasteiger partial charge in [0.1, 0.15) is 11.9 Å². The van der Waals surface area contributed by atoms with E-state index in [1.54, 1.807) is 23.4 Å². The van der Waals surface area contributed by atoms with Crippen LogP contribution in [0.1, 0.15) is 18.5 Å². The van der Waals surface area contributed by atoms with Crippen LogP contribution in [0.25, 0.3) is 0 Å². The molecular formula is C23H25F3N4O4. The van der Waals surface area contributed by atoms with E-state index >= 15 is 4.39 Å². The molecule has 1 aromatic carbocycles. The maximum absolute atomic E-state index is 15.0. The maximum atomic E-state index is 15.0. The molecule has 0 unspecified atom stereocenters. The topological polar surface area (TPSA) is 75.2 Å². The van der Waals surface area contributed by atoms with E-state index in [1.807, 2.05) is 23.1 Å². The van der Waals surface area contributed by atoms with Crippen molar-refractivity contribution in [2.24, 2.45) is 0 Å². The summed E-state index contributed by atoms with van der Waals surface area (Å²) in [5.41, 5.74) is 1.57. The Kier molecular flexibility index (Phi) is 7.63. The first-order valence-corrected chi connectivity index (χ1v) is 11.0. The number of Topliss-reactive ketones (excluding diaryl/α,β-unsaturated/α-hetero) is 1. The lowest BCUT2D eigenvalue weighted by Gasteiger charge is -2.24. The largest absolute Gasteiger partial charge is 0.444 e. The molecule has 8 nitrogen and oxygen atoms in total. The quantitative estimate of drug-likeness (QED) is 0.576. The molecule has 2 aliphatic heterocycles. The highest BCUT2D eigenvalue weighted by Gasteiger charge is 2.33. The molecule has 2 aromatic rings. The number of carbonyl (C=O) groups is 2. The van der Waals surface area contributed by atoms with Crippen LogP contribution >= 0.6 is 0 Å². The lowest BCUT2D eigenvalue weighted by molar-refractivity contribution is -0.155. The molecule has 0 saturated carbocycles. The van der Waals surface area contributed by atoms with Gasteiger partial charge in [0.25, 0.3) is 6.43 Å². The third-order valence-electron chi connectivity index (χ3n) is 5.73. The monoisotopic (exact) mass is 478 g/mol. The Morgan fingerprint density at radius 2 is 2.03 bits per heavy atom. The smallest absolute Gasteiger partial charge is 0.414 e. The van der Waals surface area contributed by atoms with Crippen molar-refractivity contribution >= 4 is 23.3 Å². The third-order valence-corrected chi connectivity index (χ3v) is 5.73. The maximum Gasteiger partial charge on any atom is 0.414 e. The van der Waals surface area contributed by atoms with Crippen molar-refractivity contribution in [2.45, 2.75) is 31.9 Å². The molecule has 4 rings (SSSR count). The Bertz CT molecular complexity index is 1010. The molecule has 0 spiro atoms. The number of ether oxygens (including phenoxy) is 1. The lowest BCUT2D eigenvalue weighted by atomic mass is 10.1. The zero-order chi connectivity index (χ0) is 24.1. The molecule has 2 saturated heterocycles. The average Bonchev–Trinajstić information content (AvgIpc) is 3.04. The molecular weight excluding hydrogens is 453 g/mol. The molecule has 0 radical (unpaired) electrons. The van der Waals surface area contributed by atoms with Gasteiger partial charge in [0.2, 0.25) is 0 Å². The number of carbonyl (C=O) groups excluding carboxylic acids is 2. The molecule has 3 heterocycles. The molecule has 1 atom stereocenters. The molecule has 34 heavy (non-hydrogen) atoms. The zero-order valence-corrected chi connectivity index (χ0v) is 18.4. The van der Waals surface area contributed by atoms with Gasteiger partial charge in [-0.15, -0.1) is 0 Å². The number of alkyl halides is 2. The molecule has 1 aromatic heterocycles. The summed E-state index contributed by atoms with van der Waals surface area (Å²) < 4.78 is 44.9. The summed E-state index contributed by atoms with van der Waals surface area (Å²) in [6, 6.07) is 10.1. The number of nitrogens with zero attached hydrogens (tertiary/aromatic N) is 4. The van der Waals surface area contributed by atoms with Gasteiger partial charge in [-0.05, 0) is 36.8 Å². The van der Waals surface area contributed by atoms with E-state index in [-0.39, 0.29) is 19.4 Å². The number of rotatable bonds is 8. The Balaban J connectivity index is 1.35. The van der Waals surface area contributed by atoms with Crippen molar-refractivity contribution < 1.29 is 32.3 Å². The predicted molar refractivity (Wildman–Crippen MR) is 117 cm³/mol. The van der Waals surface area contributed by atoms with Gasteiger partial charge in [-0.1, -0.05) is 6.07 Å². The van der Waals surface area contributed by atoms with Crippen molar-refractivity contribution in [3.63, 3.8) is 0 Å². The minimum Gasteiger partial charge on any atom is -0.444 e. The van der Waals surface area contributed by atoms with Crippen molar-refractivity contribution in [2.75, 3.05) is 42.6 Å². The summed E-state index contributed by atoms with van der Waals surface area (Å²) in [6.07, 6.45) is -3.11. The van der Waals surface area contributed by atoms with Gasteiger partial charge in [0.05, 0.1) is 36.8 Å². The van der Waals surface area contributed by atoms with Crippen LogP contribution in [0.15, 0.2) is 42.6 Å². The highest BCUT2D eigenvalue weighted by atomic mass is 19.3. The molecule has 0 bridgehead atoms. The Morgan fingerprint density at radius 3 is 2.76 bits per heavy atom. The Morgan fingerprint density at radius 1 is 1.18 bits per heavy atom. The van der Waals surface area contributed by atoms with E-state index in [0.717, 1.165) is 5.69 Å². The molecule has 0 aliphatic carbocycles. The fourth-order valence-electron chi connectivity index (χ4n) is 3.94. The number of cyclic esters (lactones) is 1. The van der Waals surface area contributed by atoms with E-state index in [9.17, 15) is 18.4 Å². The van der Waals surface area contributed by atoms with Crippen molar-refractivity contribution in [3.8, 4) is 0 Å². The van der Waals surface area contributed by atoms with Crippen LogP contribution in [-0.4, -0.2) is 67.2 Å². The average molecular weight is 478 g/mol. The van der Waals surface area contributed by atoms with Gasteiger partial charge in [-0.25, -0.2) is 18.0 Å². The number of ketones is 1. The van der Waals surface area contributed by atoms with Crippen molar-refractivity contribution in [1.29, 1.82) is 0 Å². The van der Waals surface area contributed by atoms with Gasteiger partial charge in [-0.3, -0.25) is 19.5 Å². The first-order chi connectivity index (χ1) is 16.4. The van der Waals surface area contributed by atoms with Gasteiger partial charge < -0.3 is 9.64 Å². The molecule has 0 N–H and O–H groups in total. The van der Waals surface area contributed by atoms with E-state index < -0.39 is 30.2 Å². The zero-order valence-electron chi connectivity index (χ0n) is 18.4. The summed E-state index contributed by atoms with van der Waals surface area (Å²) in [6.45, 7) is 2.54. The van der Waals surface area contributed by atoms with E-state index in [1.165, 1.54) is 11.0 Å². The second kappa shape index (κ2) is 10.8. The number of hydroxylamine groups is 2. The number of anilines is 2. The number of hydrogen-bond donors (Lipinski definition) is 0. The highest BCUT2D eigenvalue weighted by molar-refractivity contribution is 5.90. The second-order valence-corrected chi connectivity index (χ2v) is 8.06. The first kappa shape index (κ1) is 24.0. The summed E-state index contributed by atoms with van der Waals surface area (Å²) >= 11 is 0. The summed E-state index contributed by atoms with van der Waals surface area (Å²) in [4.78, 5) is 36.5. The van der Waals surface area contributed by atoms with Crippen LogP contribution in [0, 0.1) is 5.82 Å². The third kappa shape index (κ3) is 5.84. The molecule has 11 heteroatoms. The van der Waals surface area contributed by atoms with Crippen molar-refractivity contribution in [1.82, 2.24) is 10.0 Å². The van der Waals surface area contributed by atoms with Gasteiger partial charge in [0.15, 0.2) is 5.78 Å². The minimum absolute atomic E-state index is 0.00520. The lowest BCUT2D eigenvalue weighted by Crippen LogP contribution is -2.31. The fraction of sp³-hybridized carbons (Fsp3) is 0.435. The fourth-order valence-corrected chi connectivity index (χ4v) is 3.94. The Labute approximate surface area is 194 Å². The van der Waals surface area contributed by atoms with Crippen LogP contribution in [0.4, 0.5) is 29.3 Å².